The van der Waals surface area contributed by atoms with Crippen molar-refractivity contribution in [2.24, 2.45) is 0 Å². The molecule has 1 atom stereocenters. The maximum absolute atomic E-state index is 13.0. The van der Waals surface area contributed by atoms with Crippen LogP contribution in [0.3, 0.4) is 0 Å². The standard InChI is InChI=1S/C31H32N2O3/c1-5-28(36-27-18-15-21-9-6-7-10-23(21)19-27)30(35)33-26-12-8-11-25(20-26)32-29(34)22-13-16-24(17-14-22)31(2,3)4/h6-20,28H,5H2,1-4H3,(H,32,34)(H,33,35). The Hall–Kier alpha value is -4.12. The number of carbonyl (C=O) groups is 2. The summed E-state index contributed by atoms with van der Waals surface area (Å²) in [5.74, 6) is 0.200. The highest BCUT2D eigenvalue weighted by Crippen LogP contribution is 2.24. The van der Waals surface area contributed by atoms with E-state index in [4.69, 9.17) is 4.74 Å². The van der Waals surface area contributed by atoms with Crippen molar-refractivity contribution >= 4 is 34.0 Å². The zero-order chi connectivity index (χ0) is 25.7. The van der Waals surface area contributed by atoms with E-state index >= 15 is 0 Å². The minimum absolute atomic E-state index is 0.0237. The normalized spacial score (nSPS) is 12.1. The van der Waals surface area contributed by atoms with Crippen LogP contribution in [0.25, 0.3) is 10.8 Å². The molecule has 0 aliphatic carbocycles. The first-order valence-electron chi connectivity index (χ1n) is 12.2. The van der Waals surface area contributed by atoms with E-state index in [0.29, 0.717) is 29.1 Å². The third-order valence-corrected chi connectivity index (χ3v) is 6.06. The van der Waals surface area contributed by atoms with Crippen molar-refractivity contribution in [2.75, 3.05) is 10.6 Å². The molecular weight excluding hydrogens is 448 g/mol. The summed E-state index contributed by atoms with van der Waals surface area (Å²) in [6.45, 7) is 8.32. The van der Waals surface area contributed by atoms with Crippen molar-refractivity contribution in [1.29, 1.82) is 0 Å². The predicted octanol–water partition coefficient (Wildman–Crippen LogP) is 7.19. The van der Waals surface area contributed by atoms with E-state index < -0.39 is 6.10 Å². The van der Waals surface area contributed by atoms with Gasteiger partial charge in [-0.1, -0.05) is 76.2 Å². The molecule has 4 rings (SSSR count). The van der Waals surface area contributed by atoms with E-state index in [2.05, 4.69) is 31.4 Å². The topological polar surface area (TPSA) is 67.4 Å². The molecule has 4 aromatic rings. The lowest BCUT2D eigenvalue weighted by Gasteiger charge is -2.19. The zero-order valence-corrected chi connectivity index (χ0v) is 21.2. The molecule has 0 aliphatic rings. The quantitative estimate of drug-likeness (QED) is 0.294. The highest BCUT2D eigenvalue weighted by atomic mass is 16.5. The van der Waals surface area contributed by atoms with E-state index in [1.165, 1.54) is 5.56 Å². The fourth-order valence-electron chi connectivity index (χ4n) is 3.95. The molecule has 2 amide bonds. The van der Waals surface area contributed by atoms with Crippen molar-refractivity contribution in [3.05, 3.63) is 102 Å². The molecule has 2 N–H and O–H groups in total. The molecule has 0 aliphatic heterocycles. The van der Waals surface area contributed by atoms with Crippen LogP contribution in [0.5, 0.6) is 5.75 Å². The lowest BCUT2D eigenvalue weighted by molar-refractivity contribution is -0.122. The molecule has 0 radical (unpaired) electrons. The molecular formula is C31H32N2O3. The summed E-state index contributed by atoms with van der Waals surface area (Å²) in [5, 5.41) is 8.00. The molecule has 1 unspecified atom stereocenters. The maximum atomic E-state index is 13.0. The van der Waals surface area contributed by atoms with Gasteiger partial charge < -0.3 is 15.4 Å². The highest BCUT2D eigenvalue weighted by molar-refractivity contribution is 6.04. The largest absolute Gasteiger partial charge is 0.481 e. The first-order valence-corrected chi connectivity index (χ1v) is 12.2. The van der Waals surface area contributed by atoms with Gasteiger partial charge in [-0.2, -0.15) is 0 Å². The van der Waals surface area contributed by atoms with Gasteiger partial charge in [0.1, 0.15) is 5.75 Å². The average Bonchev–Trinajstić information content (AvgIpc) is 2.87. The van der Waals surface area contributed by atoms with E-state index in [1.54, 1.807) is 24.3 Å². The number of hydrogen-bond acceptors (Lipinski definition) is 3. The third kappa shape index (κ3) is 6.11. The summed E-state index contributed by atoms with van der Waals surface area (Å²) in [5.41, 5.74) is 2.95. The maximum Gasteiger partial charge on any atom is 0.265 e. The van der Waals surface area contributed by atoms with E-state index in [1.807, 2.05) is 73.7 Å². The van der Waals surface area contributed by atoms with Crippen molar-refractivity contribution in [2.45, 2.75) is 45.6 Å². The molecule has 36 heavy (non-hydrogen) atoms. The molecule has 0 aromatic heterocycles. The van der Waals surface area contributed by atoms with Crippen LogP contribution in [0.1, 0.15) is 50.0 Å². The van der Waals surface area contributed by atoms with Gasteiger partial charge in [0.25, 0.3) is 11.8 Å². The third-order valence-electron chi connectivity index (χ3n) is 6.06. The van der Waals surface area contributed by atoms with Crippen LogP contribution in [-0.4, -0.2) is 17.9 Å². The monoisotopic (exact) mass is 480 g/mol. The molecule has 0 saturated carbocycles. The van der Waals surface area contributed by atoms with Crippen LogP contribution in [0.15, 0.2) is 91.0 Å². The van der Waals surface area contributed by atoms with E-state index in [9.17, 15) is 9.59 Å². The molecule has 0 heterocycles. The van der Waals surface area contributed by atoms with Crippen molar-refractivity contribution < 1.29 is 14.3 Å². The van der Waals surface area contributed by atoms with Gasteiger partial charge in [-0.05, 0) is 70.6 Å². The summed E-state index contributed by atoms with van der Waals surface area (Å²) in [6.07, 6.45) is -0.134. The first-order chi connectivity index (χ1) is 17.2. The van der Waals surface area contributed by atoms with Gasteiger partial charge in [0.2, 0.25) is 0 Å². The average molecular weight is 481 g/mol. The number of ether oxygens (including phenoxy) is 1. The van der Waals surface area contributed by atoms with E-state index in [0.717, 1.165) is 10.8 Å². The molecule has 0 fully saturated rings. The van der Waals surface area contributed by atoms with E-state index in [-0.39, 0.29) is 17.2 Å². The molecule has 0 spiro atoms. The van der Waals surface area contributed by atoms with Gasteiger partial charge in [-0.25, -0.2) is 0 Å². The number of hydrogen-bond donors (Lipinski definition) is 2. The SMILES string of the molecule is CCC(Oc1ccc2ccccc2c1)C(=O)Nc1cccc(NC(=O)c2ccc(C(C)(C)C)cc2)c1. The smallest absolute Gasteiger partial charge is 0.265 e. The number of anilines is 2. The van der Waals surface area contributed by atoms with Crippen LogP contribution >= 0.6 is 0 Å². The van der Waals surface area contributed by atoms with Gasteiger partial charge in [-0.15, -0.1) is 0 Å². The van der Waals surface area contributed by atoms with Crippen LogP contribution in [-0.2, 0) is 10.2 Å². The van der Waals surface area contributed by atoms with Crippen molar-refractivity contribution in [3.63, 3.8) is 0 Å². The number of nitrogens with one attached hydrogen (secondary N) is 2. The summed E-state index contributed by atoms with van der Waals surface area (Å²) in [7, 11) is 0. The first kappa shape index (κ1) is 25.0. The summed E-state index contributed by atoms with van der Waals surface area (Å²) in [6, 6.07) is 28.5. The summed E-state index contributed by atoms with van der Waals surface area (Å²) in [4.78, 5) is 25.7. The zero-order valence-electron chi connectivity index (χ0n) is 21.2. The molecule has 0 saturated heterocycles. The summed E-state index contributed by atoms with van der Waals surface area (Å²) < 4.78 is 6.01. The fraction of sp³-hybridized carbons (Fsp3) is 0.226. The lowest BCUT2D eigenvalue weighted by atomic mass is 9.87. The minimum atomic E-state index is -0.647. The lowest BCUT2D eigenvalue weighted by Crippen LogP contribution is -2.32. The van der Waals surface area contributed by atoms with Crippen LogP contribution in [0.2, 0.25) is 0 Å². The van der Waals surface area contributed by atoms with Gasteiger partial charge in [0.15, 0.2) is 6.10 Å². The second-order valence-electron chi connectivity index (χ2n) is 9.88. The van der Waals surface area contributed by atoms with Crippen LogP contribution < -0.4 is 15.4 Å². The molecule has 4 aromatic carbocycles. The predicted molar refractivity (Wildman–Crippen MR) is 147 cm³/mol. The van der Waals surface area contributed by atoms with Gasteiger partial charge in [-0.3, -0.25) is 9.59 Å². The van der Waals surface area contributed by atoms with Crippen LogP contribution in [0, 0.1) is 0 Å². The number of carbonyl (C=O) groups excluding carboxylic acids is 2. The molecule has 5 heteroatoms. The number of fused-ring (bicyclic) bond motifs is 1. The number of rotatable bonds is 7. The van der Waals surface area contributed by atoms with Crippen molar-refractivity contribution in [3.8, 4) is 5.75 Å². The highest BCUT2D eigenvalue weighted by Gasteiger charge is 2.19. The Labute approximate surface area is 212 Å². The fourth-order valence-corrected chi connectivity index (χ4v) is 3.95. The second-order valence-corrected chi connectivity index (χ2v) is 9.88. The minimum Gasteiger partial charge on any atom is -0.481 e. The Balaban J connectivity index is 1.40. The Morgan fingerprint density at radius 1 is 0.778 bits per heavy atom. The second kappa shape index (κ2) is 10.6. The molecule has 0 bridgehead atoms. The van der Waals surface area contributed by atoms with Gasteiger partial charge >= 0.3 is 0 Å². The Kier molecular flexibility index (Phi) is 7.39. The van der Waals surface area contributed by atoms with Gasteiger partial charge in [0, 0.05) is 16.9 Å². The summed E-state index contributed by atoms with van der Waals surface area (Å²) >= 11 is 0. The molecule has 5 nitrogen and oxygen atoms in total. The molecule has 184 valence electrons. The van der Waals surface area contributed by atoms with Gasteiger partial charge in [0.05, 0.1) is 0 Å². The Morgan fingerprint density at radius 2 is 1.44 bits per heavy atom. The number of amides is 2. The van der Waals surface area contributed by atoms with Crippen LogP contribution in [0.4, 0.5) is 11.4 Å². The Morgan fingerprint density at radius 3 is 2.11 bits per heavy atom. The number of benzene rings is 4. The Bertz CT molecular complexity index is 1370. The van der Waals surface area contributed by atoms with Crippen molar-refractivity contribution in [1.82, 2.24) is 0 Å².